The number of benzene rings is 4. The number of esters is 3. The van der Waals surface area contributed by atoms with Gasteiger partial charge in [-0.3, -0.25) is 9.59 Å². The molecule has 0 aliphatic heterocycles. The van der Waals surface area contributed by atoms with Crippen LogP contribution in [0.3, 0.4) is 0 Å². The summed E-state index contributed by atoms with van der Waals surface area (Å²) in [6.45, 7) is 31.0. The van der Waals surface area contributed by atoms with Crippen LogP contribution in [-0.2, 0) is 509 Å². The number of ether oxygens (including phenoxy) is 3. The summed E-state index contributed by atoms with van der Waals surface area (Å²) in [5.74, 6) is -3.15. The van der Waals surface area contributed by atoms with E-state index in [2.05, 4.69) is 0 Å². The molecule has 131 heavy (non-hydrogen) atoms. The van der Waals surface area contributed by atoms with E-state index in [-0.39, 0.29) is 592 Å². The Kier molecular flexibility index (Phi) is 202. The van der Waals surface area contributed by atoms with Crippen molar-refractivity contribution in [3.63, 3.8) is 0 Å². The van der Waals surface area contributed by atoms with Gasteiger partial charge in [0.1, 0.15) is 28.9 Å². The molecule has 7 rings (SSSR count). The Morgan fingerprint density at radius 2 is 0.618 bits per heavy atom. The first-order valence-corrected chi connectivity index (χ1v) is 33.4. The number of carboxylic acid groups (broad SMARTS) is 3. The third-order valence-electron chi connectivity index (χ3n) is 13.7. The van der Waals surface area contributed by atoms with E-state index in [4.69, 9.17) is 85.4 Å². The van der Waals surface area contributed by atoms with Crippen molar-refractivity contribution in [2.75, 3.05) is 31.4 Å². The average molecular weight is 5450 g/mol. The maximum atomic E-state index is 12.2. The molecule has 0 saturated heterocycles. The first-order valence-electron chi connectivity index (χ1n) is 37.8. The van der Waals surface area contributed by atoms with Crippen molar-refractivity contribution in [1.29, 1.82) is 0 Å². The van der Waals surface area contributed by atoms with Crippen molar-refractivity contribution in [3.05, 3.63) is 189 Å². The van der Waals surface area contributed by atoms with Crippen molar-refractivity contribution < 1.29 is 622 Å². The van der Waals surface area contributed by atoms with Crippen molar-refractivity contribution >= 4 is 100 Å². The van der Waals surface area contributed by atoms with Gasteiger partial charge in [-0.15, -0.1) is 11.6 Å². The molecule has 0 radical (unpaired) electrons. The summed E-state index contributed by atoms with van der Waals surface area (Å²) in [6.07, 6.45) is 5.37. The number of hydrogen-bond acceptors (Lipinski definition) is 22. The monoisotopic (exact) mass is 5450 g/mol. The Labute approximate surface area is 1120 Å². The van der Waals surface area contributed by atoms with Crippen LogP contribution >= 0.6 is 11.6 Å². The van der Waals surface area contributed by atoms with E-state index >= 15 is 0 Å². The molecule has 0 aliphatic carbocycles. The summed E-state index contributed by atoms with van der Waals surface area (Å²) in [5.41, 5.74) is 14.8. The van der Waals surface area contributed by atoms with Gasteiger partial charge in [-0.05, 0) is 189 Å². The van der Waals surface area contributed by atoms with E-state index in [9.17, 15) is 57.8 Å². The molecule has 0 amide bonds. The van der Waals surface area contributed by atoms with Crippen LogP contribution in [0.2, 0.25) is 0 Å². The van der Waals surface area contributed by atoms with Gasteiger partial charge in [0, 0.05) is 522 Å². The summed E-state index contributed by atoms with van der Waals surface area (Å²) in [6, 6.07) is 34.9. The number of nitrogens with zero attached hydrogens (tertiary/aromatic N) is 3. The molecule has 726 valence electrons. The summed E-state index contributed by atoms with van der Waals surface area (Å²) < 4.78 is 70.5. The third-order valence-corrected chi connectivity index (χ3v) is 14.1. The number of halogens is 1. The molecule has 3 heterocycles. The molecule has 0 fully saturated rings. The van der Waals surface area contributed by atoms with Crippen LogP contribution in [0.4, 0.5) is 5.69 Å². The Morgan fingerprint density at radius 1 is 0.382 bits per heavy atom. The van der Waals surface area contributed by atoms with Crippen LogP contribution in [0.25, 0.3) is 17.1 Å². The average Bonchev–Trinajstić information content (AvgIpc) is 1.65. The maximum absolute atomic E-state index is 12.2. The Morgan fingerprint density at radius 3 is 0.840 bits per heavy atom. The number of nitrogens with two attached hydrogens (primary N) is 1. The summed E-state index contributed by atoms with van der Waals surface area (Å²) in [4.78, 5) is 169. The fourth-order valence-electron chi connectivity index (χ4n) is 9.21. The second-order valence-corrected chi connectivity index (χ2v) is 22.3. The van der Waals surface area contributed by atoms with Crippen molar-refractivity contribution in [2.45, 2.75) is 164 Å². The van der Waals surface area contributed by atoms with Gasteiger partial charge in [0.15, 0.2) is 0 Å². The van der Waals surface area contributed by atoms with E-state index in [0.29, 0.717) is 76.9 Å². The van der Waals surface area contributed by atoms with Gasteiger partial charge in [-0.25, -0.2) is 28.8 Å². The van der Waals surface area contributed by atoms with Gasteiger partial charge in [0.25, 0.3) is 0 Å². The van der Waals surface area contributed by atoms with Gasteiger partial charge >= 0.3 is 103 Å². The first kappa shape index (κ1) is 197. The van der Waals surface area contributed by atoms with E-state index in [1.165, 1.54) is 32.9 Å². The standard InChI is InChI=1S/C18H21NO4.C14H13NO4.C13H13NO2.C9H11NO2.C8H14O2.2C5H10O.C3H5ClO.3CO2.CH4.Li.Na.H2O.21W.5H2/c1-5-22-17(20)14-9-7-8-10-16(14)19-12(3)11-15(13(19)4)18(21)23-6-2;1-8-7-11(14(18)19)9(2)15(8)12-6-4-3-5-10(12)13(16)17;1-9-7-8-10(2)14(9)12-6-4-3-5-11(12)13(15)16;1-2-12-9(11)7-5-3-4-6-8(7)10;1-4-8(7(3)10)5-6(2)9;2*1-3-4-5(2)6;1-3(5)2-4;3*2-1-3;;;;;;;;;;;;;;;;;;;;;;;;;;;;;;/h7-11H,5-6H2,1-4H3;3-7H,1-2H3,(H,16,17)(H,18,19);3-8H,1-2H3,(H,15,16);3-6H,2,10H2,1H3;8H,4-5H2,1-3H3;2*3-4H2,1-2H3;2H2,1H3;;;;1H4;;;1H2;;;;;;;;;;;;;;;;;;;;;;5*1H/q;;;;;;;;;;;;2*+1;;;;;;;;;;;;;;;;;;;;;;;;;;;/p-1/i;;;;;;;;;;;;;;;;;;;;;;;;;;;;;;;;;;;;5*1+2T. The number of aryl methyl sites for hydroxylation is 4. The largest absolute Gasteiger partial charge is 1.00 e. The number of aromatic nitrogens is 3. The van der Waals surface area contributed by atoms with Gasteiger partial charge in [-0.2, -0.15) is 28.8 Å². The van der Waals surface area contributed by atoms with Gasteiger partial charge in [-0.1, -0.05) is 76.7 Å². The maximum Gasteiger partial charge on any atom is 1.00 e. The van der Waals surface area contributed by atoms with Crippen LogP contribution in [0.5, 0.6) is 0 Å². The summed E-state index contributed by atoms with van der Waals surface area (Å²) in [5, 5.41) is 27.4. The number of ketones is 5. The number of Topliss-reactive ketones (excluding diaryl/α,β-unsaturated/α-hetero) is 5. The second kappa shape index (κ2) is 134. The summed E-state index contributed by atoms with van der Waals surface area (Å²) >= 11 is 4.99. The zero-order valence-electron chi connectivity index (χ0n) is 84.0. The first-order chi connectivity index (χ1) is 54.9. The number of alkyl halides is 1. The molecule has 4 aromatic carbocycles. The predicted octanol–water partition coefficient (Wildman–Crippen LogP) is 9.22. The van der Waals surface area contributed by atoms with Crippen LogP contribution in [-0.4, -0.2) is 143 Å². The zero-order chi connectivity index (χ0) is 92.4. The number of carbonyl (C=O) groups is 11. The van der Waals surface area contributed by atoms with Crippen molar-refractivity contribution in [2.24, 2.45) is 5.92 Å². The second-order valence-electron chi connectivity index (χ2n) is 22.0. The number of aromatic carboxylic acids is 3. The van der Waals surface area contributed by atoms with E-state index < -0.39 is 17.9 Å². The fourth-order valence-corrected chi connectivity index (χ4v) is 9.21. The number of nitrogen functional groups attached to an aromatic ring is 1. The van der Waals surface area contributed by atoms with Crippen LogP contribution in [0.1, 0.15) is 233 Å². The fraction of sp³-hybridized carbons (Fsp3) is 0.367. The molecular formula is C79H112ClLiN4NaO24W21+. The smallest absolute Gasteiger partial charge is 0.870 e. The molecule has 28 nitrogen and oxygen atoms in total. The topological polar surface area (TPSA) is 449 Å². The predicted molar refractivity (Wildman–Crippen MR) is 412 cm³/mol. The van der Waals surface area contributed by atoms with Gasteiger partial charge < -0.3 is 68.8 Å². The molecule has 0 aliphatic rings. The molecule has 52 heteroatoms. The molecule has 0 saturated carbocycles. The molecule has 3 aromatic heterocycles. The normalized spacial score (nSPS) is 7.98. The molecule has 0 spiro atoms. The minimum Gasteiger partial charge on any atom is -0.870 e. The quantitative estimate of drug-likeness (QED) is 0.0171. The third kappa shape index (κ3) is 96.1. The van der Waals surface area contributed by atoms with Gasteiger partial charge in [0.2, 0.25) is 0 Å². The SMILES string of the molecule is C.CC(=O)CCl.CCC(CC(C)=O)C(C)=O.CCCC(C)=O.CCCC(C)=O.CCOC(=O)c1ccccc1-n1c(C)cc(C(=O)OCC)c1C.CCOC(=O)c1ccccc1N.Cc1cc(C(=O)O)c(C)n1-c1ccccc1C(=O)O.Cc1ccc(C)n1-c1ccccc1C(=O)O.O=C=O.O=C=O.O=C=O.[3H][3H].[3H][3H].[3H][3H].[3H][3H].[3H][3H].[Li+].[Na+].[OH-].[W].[W].[W].[W].[W].[W].[W].[W].[W].[W].[W].[W].[W].[W].[W].[W].[W].[W].[W].[W].[W]. The molecule has 1 unspecified atom stereocenters. The number of hydrogen-bond donors (Lipinski definition) is 4. The number of rotatable bonds is 21. The van der Waals surface area contributed by atoms with Crippen molar-refractivity contribution in [3.8, 4) is 17.1 Å². The van der Waals surface area contributed by atoms with Crippen LogP contribution in [0, 0.1) is 47.5 Å². The number of carbonyl (C=O) groups excluding carboxylic acids is 14. The summed E-state index contributed by atoms with van der Waals surface area (Å²) in [7, 11) is 0. The zero-order valence-corrected chi connectivity index (χ0v) is 138. The molecule has 0 bridgehead atoms. The minimum absolute atomic E-state index is 0. The molecule has 7 aromatic rings. The van der Waals surface area contributed by atoms with Crippen molar-refractivity contribution in [1.82, 2.24) is 13.7 Å². The minimum atomic E-state index is -1.04. The van der Waals surface area contributed by atoms with Crippen LogP contribution < -0.4 is 54.2 Å². The van der Waals surface area contributed by atoms with Crippen LogP contribution in [0.15, 0.2) is 121 Å². The molecule has 6 N–H and O–H groups in total. The Hall–Kier alpha value is 4.13. The van der Waals surface area contributed by atoms with Gasteiger partial charge in [0.05, 0.1) is 76.1 Å². The Bertz CT molecular complexity index is 4170. The number of para-hydroxylation sites is 4. The van der Waals surface area contributed by atoms with E-state index in [0.717, 1.165) is 60.6 Å². The number of carboxylic acids is 3. The molecular weight excluding hydrogens is 5310 g/mol. The Balaban J connectivity index is -0.0000000284. The molecule has 1 atom stereocenters. The number of anilines is 1. The van der Waals surface area contributed by atoms with E-state index in [1.807, 2.05) is 94.0 Å². The van der Waals surface area contributed by atoms with E-state index in [1.54, 1.807) is 126 Å².